The predicted octanol–water partition coefficient (Wildman–Crippen LogP) is 0.166. The second-order valence-corrected chi connectivity index (χ2v) is 5.52. The average Bonchev–Trinajstić information content (AvgIpc) is 2.80. The summed E-state index contributed by atoms with van der Waals surface area (Å²) in [5.74, 6) is 0.120. The van der Waals surface area contributed by atoms with Crippen LogP contribution in [0, 0.1) is 17.2 Å². The number of halogens is 1. The topological polar surface area (TPSA) is 82.2 Å². The highest BCUT2D eigenvalue weighted by molar-refractivity contribution is 5.82. The Morgan fingerprint density at radius 2 is 2.42 bits per heavy atom. The summed E-state index contributed by atoms with van der Waals surface area (Å²) in [6.45, 7) is 1.91. The maximum atomic E-state index is 13.3. The van der Waals surface area contributed by atoms with E-state index in [2.05, 4.69) is 5.32 Å². The number of rotatable bonds is 3. The van der Waals surface area contributed by atoms with E-state index < -0.39 is 18.3 Å². The first-order chi connectivity index (χ1) is 9.11. The minimum atomic E-state index is -1.10. The Balaban J connectivity index is 1.89. The fourth-order valence-corrected chi connectivity index (χ4v) is 2.95. The van der Waals surface area contributed by atoms with Crippen molar-refractivity contribution >= 4 is 5.91 Å². The molecule has 2 saturated heterocycles. The fourth-order valence-electron chi connectivity index (χ4n) is 2.95. The van der Waals surface area contributed by atoms with E-state index in [1.807, 2.05) is 6.07 Å². The first-order valence-electron chi connectivity index (χ1n) is 6.92. The second kappa shape index (κ2) is 6.31. The van der Waals surface area contributed by atoms with Crippen LogP contribution in [0.2, 0.25) is 0 Å². The molecule has 2 aliphatic rings. The molecule has 0 saturated carbocycles. The average molecular weight is 268 g/mol. The smallest absolute Gasteiger partial charge is 0.240 e. The number of alkyl halides is 1. The SMILES string of the molecule is N#CC1CC(F)CN1C(=O)C(N)CC1CCCNC1. The van der Waals surface area contributed by atoms with Crippen molar-refractivity contribution in [1.82, 2.24) is 10.2 Å². The molecule has 2 heterocycles. The van der Waals surface area contributed by atoms with E-state index in [1.54, 1.807) is 0 Å². The molecule has 2 rings (SSSR count). The molecule has 3 N–H and O–H groups in total. The first-order valence-corrected chi connectivity index (χ1v) is 6.92. The van der Waals surface area contributed by atoms with Crippen LogP contribution in [0.3, 0.4) is 0 Å². The number of carbonyl (C=O) groups is 1. The Morgan fingerprint density at radius 3 is 3.05 bits per heavy atom. The largest absolute Gasteiger partial charge is 0.322 e. The van der Waals surface area contributed by atoms with E-state index in [0.29, 0.717) is 12.3 Å². The quantitative estimate of drug-likeness (QED) is 0.764. The lowest BCUT2D eigenvalue weighted by molar-refractivity contribution is -0.133. The standard InChI is InChI=1S/C13H21FN4O/c14-10-5-11(6-15)18(8-10)13(19)12(16)4-9-2-1-3-17-7-9/h9-12,17H,1-5,7-8,16H2. The normalized spacial score (nSPS) is 32.9. The Kier molecular flexibility index (Phi) is 4.72. The van der Waals surface area contributed by atoms with E-state index in [1.165, 1.54) is 4.90 Å². The van der Waals surface area contributed by atoms with Crippen molar-refractivity contribution in [3.63, 3.8) is 0 Å². The van der Waals surface area contributed by atoms with Crippen LogP contribution in [0.15, 0.2) is 0 Å². The van der Waals surface area contributed by atoms with Gasteiger partial charge in [-0.05, 0) is 38.3 Å². The summed E-state index contributed by atoms with van der Waals surface area (Å²) >= 11 is 0. The molecular weight excluding hydrogens is 247 g/mol. The van der Waals surface area contributed by atoms with Gasteiger partial charge in [-0.2, -0.15) is 5.26 Å². The van der Waals surface area contributed by atoms with Crippen molar-refractivity contribution < 1.29 is 9.18 Å². The van der Waals surface area contributed by atoms with Gasteiger partial charge in [-0.15, -0.1) is 0 Å². The number of hydrogen-bond donors (Lipinski definition) is 2. The van der Waals surface area contributed by atoms with Crippen molar-refractivity contribution in [2.75, 3.05) is 19.6 Å². The molecule has 4 atom stereocenters. The highest BCUT2D eigenvalue weighted by atomic mass is 19.1. The molecule has 19 heavy (non-hydrogen) atoms. The number of hydrogen-bond acceptors (Lipinski definition) is 4. The van der Waals surface area contributed by atoms with Crippen molar-refractivity contribution in [1.29, 1.82) is 5.26 Å². The number of amides is 1. The lowest BCUT2D eigenvalue weighted by atomic mass is 9.92. The number of nitrogens with zero attached hydrogens (tertiary/aromatic N) is 2. The van der Waals surface area contributed by atoms with Gasteiger partial charge in [-0.25, -0.2) is 4.39 Å². The van der Waals surface area contributed by atoms with Gasteiger partial charge in [0.05, 0.1) is 18.7 Å². The molecule has 1 amide bonds. The molecule has 0 radical (unpaired) electrons. The van der Waals surface area contributed by atoms with Crippen LogP contribution in [-0.2, 0) is 4.79 Å². The fraction of sp³-hybridized carbons (Fsp3) is 0.846. The summed E-state index contributed by atoms with van der Waals surface area (Å²) < 4.78 is 13.3. The van der Waals surface area contributed by atoms with Crippen LogP contribution in [-0.4, -0.2) is 48.7 Å². The highest BCUT2D eigenvalue weighted by Gasteiger charge is 2.37. The van der Waals surface area contributed by atoms with E-state index >= 15 is 0 Å². The molecule has 0 aliphatic carbocycles. The number of likely N-dealkylation sites (tertiary alicyclic amines) is 1. The van der Waals surface area contributed by atoms with E-state index in [-0.39, 0.29) is 18.9 Å². The molecule has 0 aromatic heterocycles. The van der Waals surface area contributed by atoms with E-state index in [0.717, 1.165) is 25.9 Å². The Hall–Kier alpha value is -1.19. The molecule has 6 heteroatoms. The number of carbonyl (C=O) groups excluding carboxylic acids is 1. The summed E-state index contributed by atoms with van der Waals surface area (Å²) in [5.41, 5.74) is 5.94. The summed E-state index contributed by atoms with van der Waals surface area (Å²) in [5, 5.41) is 12.2. The number of nitrogens with two attached hydrogens (primary N) is 1. The molecule has 106 valence electrons. The van der Waals surface area contributed by atoms with Crippen LogP contribution < -0.4 is 11.1 Å². The minimum Gasteiger partial charge on any atom is -0.322 e. The van der Waals surface area contributed by atoms with Crippen molar-refractivity contribution in [3.8, 4) is 6.07 Å². The van der Waals surface area contributed by atoms with E-state index in [9.17, 15) is 9.18 Å². The third kappa shape index (κ3) is 3.43. The second-order valence-electron chi connectivity index (χ2n) is 5.52. The van der Waals surface area contributed by atoms with Crippen LogP contribution in [0.4, 0.5) is 4.39 Å². The monoisotopic (exact) mass is 268 g/mol. The zero-order chi connectivity index (χ0) is 13.8. The molecule has 0 bridgehead atoms. The Morgan fingerprint density at radius 1 is 1.63 bits per heavy atom. The van der Waals surface area contributed by atoms with Crippen molar-refractivity contribution in [3.05, 3.63) is 0 Å². The van der Waals surface area contributed by atoms with Gasteiger partial charge in [0.1, 0.15) is 12.2 Å². The summed E-state index contributed by atoms with van der Waals surface area (Å²) in [6.07, 6.45) is 1.79. The first kappa shape index (κ1) is 14.2. The number of nitrogens with one attached hydrogen (secondary N) is 1. The molecule has 4 unspecified atom stereocenters. The minimum absolute atomic E-state index is 0.00762. The van der Waals surface area contributed by atoms with Crippen LogP contribution in [0.1, 0.15) is 25.7 Å². The zero-order valence-corrected chi connectivity index (χ0v) is 11.0. The van der Waals surface area contributed by atoms with Crippen LogP contribution in [0.5, 0.6) is 0 Å². The summed E-state index contributed by atoms with van der Waals surface area (Å²) in [4.78, 5) is 13.5. The van der Waals surface area contributed by atoms with Crippen LogP contribution >= 0.6 is 0 Å². The van der Waals surface area contributed by atoms with Gasteiger partial charge >= 0.3 is 0 Å². The lowest BCUT2D eigenvalue weighted by Gasteiger charge is -2.28. The third-order valence-electron chi connectivity index (χ3n) is 3.99. The Bertz CT molecular complexity index is 364. The van der Waals surface area contributed by atoms with Gasteiger partial charge in [0.15, 0.2) is 0 Å². The molecule has 5 nitrogen and oxygen atoms in total. The predicted molar refractivity (Wildman–Crippen MR) is 68.8 cm³/mol. The van der Waals surface area contributed by atoms with Crippen molar-refractivity contribution in [2.45, 2.75) is 43.9 Å². The van der Waals surface area contributed by atoms with Gasteiger partial charge in [0.2, 0.25) is 5.91 Å². The summed E-state index contributed by atoms with van der Waals surface area (Å²) in [7, 11) is 0. The maximum absolute atomic E-state index is 13.3. The van der Waals surface area contributed by atoms with Crippen LogP contribution in [0.25, 0.3) is 0 Å². The van der Waals surface area contributed by atoms with Crippen molar-refractivity contribution in [2.24, 2.45) is 11.7 Å². The molecule has 2 aliphatic heterocycles. The van der Waals surface area contributed by atoms with Gasteiger partial charge in [0.25, 0.3) is 0 Å². The van der Waals surface area contributed by atoms with E-state index in [4.69, 9.17) is 11.0 Å². The third-order valence-corrected chi connectivity index (χ3v) is 3.99. The lowest BCUT2D eigenvalue weighted by Crippen LogP contribution is -2.47. The molecule has 0 aromatic rings. The van der Waals surface area contributed by atoms with Gasteiger partial charge in [-0.3, -0.25) is 4.79 Å². The molecule has 2 fully saturated rings. The summed E-state index contributed by atoms with van der Waals surface area (Å²) in [6, 6.07) is 0.707. The molecule has 0 spiro atoms. The van der Waals surface area contributed by atoms with Gasteiger partial charge in [0, 0.05) is 6.42 Å². The highest BCUT2D eigenvalue weighted by Crippen LogP contribution is 2.22. The molecular formula is C13H21FN4O. The van der Waals surface area contributed by atoms with Gasteiger partial charge < -0.3 is 16.0 Å². The Labute approximate surface area is 112 Å². The van der Waals surface area contributed by atoms with Gasteiger partial charge in [-0.1, -0.05) is 0 Å². The maximum Gasteiger partial charge on any atom is 0.240 e. The number of piperidine rings is 1. The zero-order valence-electron chi connectivity index (χ0n) is 11.0. The molecule has 0 aromatic carbocycles. The number of nitriles is 1.